The van der Waals surface area contributed by atoms with E-state index in [1.165, 1.54) is 0 Å². The van der Waals surface area contributed by atoms with Gasteiger partial charge in [0.2, 0.25) is 0 Å². The van der Waals surface area contributed by atoms with E-state index in [2.05, 4.69) is 184 Å². The van der Waals surface area contributed by atoms with Crippen molar-refractivity contribution >= 4 is 13.8 Å². The van der Waals surface area contributed by atoms with Crippen molar-refractivity contribution in [1.29, 1.82) is 0 Å². The molecule has 392 valence electrons. The second-order valence-corrected chi connectivity index (χ2v) is 18.1. The van der Waals surface area contributed by atoms with Crippen molar-refractivity contribution in [3.63, 3.8) is 0 Å². The molecule has 0 fully saturated rings. The smallest absolute Gasteiger partial charge is 0.457 e. The molecule has 0 saturated heterocycles. The molecule has 0 bridgehead atoms. The van der Waals surface area contributed by atoms with Crippen LogP contribution in [0, 0.1) is 0 Å². The van der Waals surface area contributed by atoms with Gasteiger partial charge >= 0.3 is 13.8 Å². The zero-order chi connectivity index (χ0) is 50.8. The van der Waals surface area contributed by atoms with Crippen LogP contribution in [0.3, 0.4) is 0 Å². The van der Waals surface area contributed by atoms with Gasteiger partial charge in [0.05, 0.1) is 19.8 Å². The Morgan fingerprint density at radius 3 is 1.11 bits per heavy atom. The summed E-state index contributed by atoms with van der Waals surface area (Å²) < 4.78 is 33.6. The summed E-state index contributed by atoms with van der Waals surface area (Å²) in [6, 6.07) is 0. The van der Waals surface area contributed by atoms with E-state index in [4.69, 9.17) is 24.3 Å². The normalized spacial score (nSPS) is 14.6. The molecule has 0 rings (SSSR count). The van der Waals surface area contributed by atoms with Crippen molar-refractivity contribution in [2.75, 3.05) is 33.0 Å². The van der Waals surface area contributed by atoms with E-state index in [1.807, 2.05) is 0 Å². The minimum atomic E-state index is -4.32. The minimum absolute atomic E-state index is 0.0710. The van der Waals surface area contributed by atoms with E-state index >= 15 is 0 Å². The predicted molar refractivity (Wildman–Crippen MR) is 302 cm³/mol. The Labute approximate surface area is 427 Å². The molecule has 0 aliphatic carbocycles. The van der Waals surface area contributed by atoms with Crippen LogP contribution in [0.4, 0.5) is 0 Å². The van der Waals surface area contributed by atoms with Crippen molar-refractivity contribution in [2.45, 2.75) is 174 Å². The summed E-state index contributed by atoms with van der Waals surface area (Å²) in [5.74, 6) is -0.380. The van der Waals surface area contributed by atoms with Crippen LogP contribution in [0.1, 0.15) is 168 Å². The lowest BCUT2D eigenvalue weighted by Gasteiger charge is -2.20. The quantitative estimate of drug-likeness (QED) is 0.0268. The van der Waals surface area contributed by atoms with Crippen molar-refractivity contribution in [1.82, 2.24) is 0 Å². The topological polar surface area (TPSA) is 117 Å². The molecule has 0 amide bonds. The summed E-state index contributed by atoms with van der Waals surface area (Å²) in [4.78, 5) is 22.6. The molecule has 8 nitrogen and oxygen atoms in total. The molecule has 2 unspecified atom stereocenters. The van der Waals surface area contributed by atoms with E-state index < -0.39 is 13.9 Å². The number of phosphoric acid groups is 1. The Morgan fingerprint density at radius 2 is 0.757 bits per heavy atom. The van der Waals surface area contributed by atoms with E-state index in [9.17, 15) is 14.3 Å². The SMILES string of the molecule is CC/C=C\C/C=C\C/C=C\C/C=C\C/C=C\C/C=C\C/C=C\CCCCCCOCC(COP(=O)(O)OCCN)OC(=O)CCCCC/C=C\C/C=C\C/C=C\C/C=C\C/C=C\C/C=C\C/C=C\CC. The monoisotopic (exact) mass is 986 g/mol. The first-order valence-corrected chi connectivity index (χ1v) is 28.1. The molecule has 0 aliphatic heterocycles. The number of hydrogen-bond donors (Lipinski definition) is 2. The van der Waals surface area contributed by atoms with Gasteiger partial charge in [0.1, 0.15) is 6.10 Å². The molecular weight excluding hydrogens is 890 g/mol. The van der Waals surface area contributed by atoms with Gasteiger partial charge in [0, 0.05) is 19.6 Å². The average molecular weight is 986 g/mol. The number of hydrogen-bond acceptors (Lipinski definition) is 7. The lowest BCUT2D eigenvalue weighted by atomic mass is 10.1. The van der Waals surface area contributed by atoms with Gasteiger partial charge in [-0.3, -0.25) is 13.8 Å². The highest BCUT2D eigenvalue weighted by Gasteiger charge is 2.25. The summed E-state index contributed by atoms with van der Waals surface area (Å²) in [5.41, 5.74) is 5.39. The van der Waals surface area contributed by atoms with E-state index in [0.717, 1.165) is 141 Å². The van der Waals surface area contributed by atoms with Crippen LogP contribution in [-0.4, -0.2) is 49.9 Å². The van der Waals surface area contributed by atoms with E-state index in [1.54, 1.807) is 0 Å². The fourth-order valence-corrected chi connectivity index (χ4v) is 7.07. The largest absolute Gasteiger partial charge is 0.472 e. The van der Waals surface area contributed by atoms with E-state index in [-0.39, 0.29) is 38.8 Å². The number of carbonyl (C=O) groups is 1. The minimum Gasteiger partial charge on any atom is -0.457 e. The highest BCUT2D eigenvalue weighted by Crippen LogP contribution is 2.43. The summed E-state index contributed by atoms with van der Waals surface area (Å²) in [5, 5.41) is 0. The summed E-state index contributed by atoms with van der Waals surface area (Å²) >= 11 is 0. The molecular formula is C61H96NO7P. The maximum Gasteiger partial charge on any atom is 0.472 e. The first-order valence-electron chi connectivity index (χ1n) is 26.6. The van der Waals surface area contributed by atoms with Gasteiger partial charge in [0.25, 0.3) is 0 Å². The molecule has 0 spiro atoms. The maximum absolute atomic E-state index is 12.7. The van der Waals surface area contributed by atoms with Gasteiger partial charge < -0.3 is 20.1 Å². The van der Waals surface area contributed by atoms with Crippen LogP contribution in [0.25, 0.3) is 0 Å². The number of unbranched alkanes of at least 4 members (excludes halogenated alkanes) is 7. The molecule has 3 N–H and O–H groups in total. The predicted octanol–water partition coefficient (Wildman–Crippen LogP) is 17.2. The first kappa shape index (κ1) is 65.9. The van der Waals surface area contributed by atoms with Crippen LogP contribution >= 0.6 is 7.82 Å². The third kappa shape index (κ3) is 54.8. The lowest BCUT2D eigenvalue weighted by Crippen LogP contribution is -2.28. The maximum atomic E-state index is 12.7. The van der Waals surface area contributed by atoms with Crippen LogP contribution in [0.2, 0.25) is 0 Å². The van der Waals surface area contributed by atoms with Crippen LogP contribution < -0.4 is 5.73 Å². The number of carbonyl (C=O) groups excluding carboxylic acids is 1. The Balaban J connectivity index is 4.15. The van der Waals surface area contributed by atoms with Crippen molar-refractivity contribution < 1.29 is 32.8 Å². The Morgan fingerprint density at radius 1 is 0.429 bits per heavy atom. The summed E-state index contributed by atoms with van der Waals surface area (Å²) in [6.45, 7) is 4.53. The molecule has 0 heterocycles. The fourth-order valence-electron chi connectivity index (χ4n) is 6.31. The lowest BCUT2D eigenvalue weighted by molar-refractivity contribution is -0.154. The number of allylic oxidation sites excluding steroid dienone is 28. The van der Waals surface area contributed by atoms with Gasteiger partial charge in [-0.1, -0.05) is 203 Å². The van der Waals surface area contributed by atoms with Crippen molar-refractivity contribution in [3.05, 3.63) is 170 Å². The Kier molecular flexibility index (Phi) is 52.5. The molecule has 0 radical (unpaired) electrons. The molecule has 9 heteroatoms. The highest BCUT2D eigenvalue weighted by molar-refractivity contribution is 7.47. The zero-order valence-corrected chi connectivity index (χ0v) is 44.6. The van der Waals surface area contributed by atoms with Gasteiger partial charge in [-0.2, -0.15) is 0 Å². The van der Waals surface area contributed by atoms with Gasteiger partial charge in [-0.25, -0.2) is 4.57 Å². The fraction of sp³-hybridized carbons (Fsp3) is 0.525. The molecule has 2 atom stereocenters. The number of phosphoric ester groups is 1. The molecule has 70 heavy (non-hydrogen) atoms. The van der Waals surface area contributed by atoms with Crippen LogP contribution in [0.5, 0.6) is 0 Å². The second-order valence-electron chi connectivity index (χ2n) is 16.6. The van der Waals surface area contributed by atoms with Crippen molar-refractivity contribution in [2.24, 2.45) is 5.73 Å². The molecule has 0 aromatic carbocycles. The van der Waals surface area contributed by atoms with Gasteiger partial charge in [-0.15, -0.1) is 0 Å². The van der Waals surface area contributed by atoms with Gasteiger partial charge in [-0.05, 0) is 128 Å². The van der Waals surface area contributed by atoms with Crippen molar-refractivity contribution in [3.8, 4) is 0 Å². The second kappa shape index (κ2) is 55.8. The van der Waals surface area contributed by atoms with Crippen LogP contribution in [-0.2, 0) is 27.9 Å². The molecule has 0 aromatic heterocycles. The third-order valence-electron chi connectivity index (χ3n) is 10.1. The summed E-state index contributed by atoms with van der Waals surface area (Å²) in [6.07, 6.45) is 83.9. The first-order chi connectivity index (χ1) is 34.4. The summed E-state index contributed by atoms with van der Waals surface area (Å²) in [7, 11) is -4.32. The van der Waals surface area contributed by atoms with Gasteiger partial charge in [0.15, 0.2) is 0 Å². The molecule has 0 aromatic rings. The Hall–Kier alpha value is -4.14. The zero-order valence-electron chi connectivity index (χ0n) is 43.7. The number of ether oxygens (including phenoxy) is 2. The standard InChI is InChI=1S/C61H96NO7P/c1-3-5-7-9-11-13-15-17-19-21-23-25-27-29-31-33-35-37-39-41-43-45-47-49-51-53-56-66-58-60(59-68-70(64,65)67-57-55-62)69-61(63)54-52-50-48-46-44-42-40-38-36-34-32-30-28-26-24-22-20-18-16-14-12-10-8-6-4-2/h5-8,11-14,17-20,23-26,29-32,35-38,41-44,60H,3-4,9-10,15-16,21-22,27-28,33-34,39-40,45-59,62H2,1-2H3,(H,64,65)/b7-5-,8-6-,13-11-,14-12-,19-17-,20-18-,25-23-,26-24-,31-29-,32-30-,37-35-,38-36-,43-41-,44-42-. The number of rotatable bonds is 48. The Bertz CT molecular complexity index is 1670. The van der Waals surface area contributed by atoms with E-state index in [0.29, 0.717) is 13.0 Å². The average Bonchev–Trinajstić information content (AvgIpc) is 3.35. The number of nitrogens with two attached hydrogens (primary N) is 1. The van der Waals surface area contributed by atoms with Crippen LogP contribution in [0.15, 0.2) is 170 Å². The molecule has 0 saturated carbocycles. The highest BCUT2D eigenvalue weighted by atomic mass is 31.2. The molecule has 0 aliphatic rings. The number of esters is 1. The third-order valence-corrected chi connectivity index (χ3v) is 11.1.